The molecular formula is C6H9N3O. The predicted octanol–water partition coefficient (Wildman–Crippen LogP) is 0.298. The lowest BCUT2D eigenvalue weighted by molar-refractivity contribution is -0.0741. The average molecular weight is 139 g/mol. The minimum absolute atomic E-state index is 0.411. The van der Waals surface area contributed by atoms with E-state index in [1.165, 1.54) is 0 Å². The number of rotatable bonds is 2. The zero-order valence-corrected chi connectivity index (χ0v) is 5.73. The van der Waals surface area contributed by atoms with E-state index in [0.717, 1.165) is 10.8 Å². The van der Waals surface area contributed by atoms with Crippen molar-refractivity contribution in [3.63, 3.8) is 0 Å². The van der Waals surface area contributed by atoms with Crippen LogP contribution in [0.3, 0.4) is 0 Å². The van der Waals surface area contributed by atoms with Gasteiger partial charge in [0.2, 0.25) is 0 Å². The smallest absolute Gasteiger partial charge is 0.0750 e. The largest absolute Gasteiger partial charge is 0.314 e. The van der Waals surface area contributed by atoms with Gasteiger partial charge in [0.1, 0.15) is 0 Å². The monoisotopic (exact) mass is 139 g/mol. The van der Waals surface area contributed by atoms with Crippen LogP contribution in [0.2, 0.25) is 0 Å². The summed E-state index contributed by atoms with van der Waals surface area (Å²) in [6, 6.07) is 0. The zero-order valence-electron chi connectivity index (χ0n) is 5.73. The summed E-state index contributed by atoms with van der Waals surface area (Å²) in [5.74, 6) is 0. The highest BCUT2D eigenvalue weighted by molar-refractivity contribution is 4.92. The molecule has 0 spiro atoms. The standard InChI is InChI=1S/C6H9N3O/c1-9(10)5-6-4-7-2-3-8-6/h2-4,10H,5H2,1H3. The van der Waals surface area contributed by atoms with Crippen LogP contribution in [0.4, 0.5) is 0 Å². The first kappa shape index (κ1) is 7.11. The molecule has 4 nitrogen and oxygen atoms in total. The van der Waals surface area contributed by atoms with E-state index < -0.39 is 0 Å². The fraction of sp³-hybridized carbons (Fsp3) is 0.333. The van der Waals surface area contributed by atoms with Gasteiger partial charge in [-0.25, -0.2) is 0 Å². The molecule has 1 rings (SSSR count). The van der Waals surface area contributed by atoms with Gasteiger partial charge in [0.05, 0.1) is 12.2 Å². The van der Waals surface area contributed by atoms with Crippen molar-refractivity contribution in [3.8, 4) is 0 Å². The Kier molecular flexibility index (Phi) is 2.30. The molecule has 0 bridgehead atoms. The summed E-state index contributed by atoms with van der Waals surface area (Å²) in [7, 11) is 1.56. The van der Waals surface area contributed by atoms with Gasteiger partial charge in [0.15, 0.2) is 0 Å². The van der Waals surface area contributed by atoms with E-state index >= 15 is 0 Å². The number of nitrogens with zero attached hydrogens (tertiary/aromatic N) is 3. The fourth-order valence-corrected chi connectivity index (χ4v) is 0.646. The van der Waals surface area contributed by atoms with Crippen molar-refractivity contribution in [2.75, 3.05) is 7.05 Å². The van der Waals surface area contributed by atoms with E-state index in [0.29, 0.717) is 6.54 Å². The van der Waals surface area contributed by atoms with Crippen LogP contribution in [-0.2, 0) is 6.54 Å². The van der Waals surface area contributed by atoms with Gasteiger partial charge in [-0.05, 0) is 0 Å². The lowest BCUT2D eigenvalue weighted by Crippen LogP contribution is -2.12. The quantitative estimate of drug-likeness (QED) is 0.598. The van der Waals surface area contributed by atoms with Crippen LogP contribution in [-0.4, -0.2) is 27.3 Å². The van der Waals surface area contributed by atoms with Crippen molar-refractivity contribution >= 4 is 0 Å². The Morgan fingerprint density at radius 3 is 2.90 bits per heavy atom. The van der Waals surface area contributed by atoms with Gasteiger partial charge in [0.25, 0.3) is 0 Å². The number of hydrogen-bond acceptors (Lipinski definition) is 4. The highest BCUT2D eigenvalue weighted by Crippen LogP contribution is 1.92. The molecule has 0 aromatic carbocycles. The third-order valence-corrected chi connectivity index (χ3v) is 1.01. The molecule has 0 aliphatic heterocycles. The Balaban J connectivity index is 2.59. The van der Waals surface area contributed by atoms with Gasteiger partial charge < -0.3 is 5.21 Å². The van der Waals surface area contributed by atoms with Gasteiger partial charge in [0, 0.05) is 25.6 Å². The number of aromatic nitrogens is 2. The molecule has 0 unspecified atom stereocenters. The van der Waals surface area contributed by atoms with Crippen molar-refractivity contribution in [1.82, 2.24) is 15.0 Å². The second kappa shape index (κ2) is 3.24. The molecule has 0 fully saturated rings. The summed E-state index contributed by atoms with van der Waals surface area (Å²) >= 11 is 0. The molecule has 0 saturated heterocycles. The minimum Gasteiger partial charge on any atom is -0.314 e. The maximum Gasteiger partial charge on any atom is 0.0750 e. The second-order valence-electron chi connectivity index (χ2n) is 2.01. The maximum absolute atomic E-state index is 8.77. The van der Waals surface area contributed by atoms with Gasteiger partial charge in [-0.2, -0.15) is 5.06 Å². The molecule has 0 atom stereocenters. The Morgan fingerprint density at radius 2 is 2.40 bits per heavy atom. The van der Waals surface area contributed by atoms with Crippen LogP contribution >= 0.6 is 0 Å². The summed E-state index contributed by atoms with van der Waals surface area (Å²) in [5.41, 5.74) is 0.757. The Morgan fingerprint density at radius 1 is 1.60 bits per heavy atom. The van der Waals surface area contributed by atoms with Crippen molar-refractivity contribution < 1.29 is 5.21 Å². The molecule has 54 valence electrons. The SMILES string of the molecule is CN(O)Cc1cnccn1. The van der Waals surface area contributed by atoms with Crippen LogP contribution in [0.15, 0.2) is 18.6 Å². The highest BCUT2D eigenvalue weighted by Gasteiger charge is 1.94. The molecule has 0 amide bonds. The third-order valence-electron chi connectivity index (χ3n) is 1.01. The average Bonchev–Trinajstić information content (AvgIpc) is 1.88. The topological polar surface area (TPSA) is 49.2 Å². The summed E-state index contributed by atoms with van der Waals surface area (Å²) in [6.07, 6.45) is 4.81. The van der Waals surface area contributed by atoms with Crippen molar-refractivity contribution in [2.45, 2.75) is 6.54 Å². The van der Waals surface area contributed by atoms with E-state index in [2.05, 4.69) is 9.97 Å². The third kappa shape index (κ3) is 2.08. The van der Waals surface area contributed by atoms with Gasteiger partial charge in [-0.1, -0.05) is 0 Å². The molecule has 0 saturated carbocycles. The molecule has 1 aromatic heterocycles. The second-order valence-corrected chi connectivity index (χ2v) is 2.01. The molecule has 10 heavy (non-hydrogen) atoms. The molecule has 1 N–H and O–H groups in total. The first-order valence-corrected chi connectivity index (χ1v) is 2.94. The van der Waals surface area contributed by atoms with Gasteiger partial charge in [-0.15, -0.1) is 0 Å². The molecule has 0 aliphatic carbocycles. The van der Waals surface area contributed by atoms with Crippen LogP contribution < -0.4 is 0 Å². The summed E-state index contributed by atoms with van der Waals surface area (Å²) in [6.45, 7) is 0.411. The zero-order chi connectivity index (χ0) is 7.40. The van der Waals surface area contributed by atoms with E-state index in [9.17, 15) is 0 Å². The summed E-state index contributed by atoms with van der Waals surface area (Å²) < 4.78 is 0. The van der Waals surface area contributed by atoms with Crippen LogP contribution in [0.5, 0.6) is 0 Å². The normalized spacial score (nSPS) is 10.3. The molecular weight excluding hydrogens is 130 g/mol. The van der Waals surface area contributed by atoms with Crippen molar-refractivity contribution in [2.24, 2.45) is 0 Å². The first-order chi connectivity index (χ1) is 4.79. The minimum atomic E-state index is 0.411. The lowest BCUT2D eigenvalue weighted by Gasteiger charge is -2.04. The van der Waals surface area contributed by atoms with Crippen LogP contribution in [0, 0.1) is 0 Å². The van der Waals surface area contributed by atoms with E-state index in [-0.39, 0.29) is 0 Å². The Hall–Kier alpha value is -1.00. The van der Waals surface area contributed by atoms with Gasteiger partial charge >= 0.3 is 0 Å². The lowest BCUT2D eigenvalue weighted by atomic mass is 10.4. The number of hydroxylamine groups is 2. The van der Waals surface area contributed by atoms with Crippen molar-refractivity contribution in [1.29, 1.82) is 0 Å². The van der Waals surface area contributed by atoms with Crippen LogP contribution in [0.1, 0.15) is 5.69 Å². The van der Waals surface area contributed by atoms with E-state index in [1.807, 2.05) is 0 Å². The predicted molar refractivity (Wildman–Crippen MR) is 35.3 cm³/mol. The highest BCUT2D eigenvalue weighted by atomic mass is 16.5. The molecule has 1 aromatic rings. The Labute approximate surface area is 59.1 Å². The molecule has 1 heterocycles. The van der Waals surface area contributed by atoms with E-state index in [4.69, 9.17) is 5.21 Å². The first-order valence-electron chi connectivity index (χ1n) is 2.94. The fourth-order valence-electron chi connectivity index (χ4n) is 0.646. The maximum atomic E-state index is 8.77. The van der Waals surface area contributed by atoms with E-state index in [1.54, 1.807) is 25.6 Å². The Bertz CT molecular complexity index is 187. The van der Waals surface area contributed by atoms with Gasteiger partial charge in [-0.3, -0.25) is 9.97 Å². The summed E-state index contributed by atoms with van der Waals surface area (Å²) in [4.78, 5) is 7.79. The number of hydrogen-bond donors (Lipinski definition) is 1. The molecule has 0 aliphatic rings. The molecule has 0 radical (unpaired) electrons. The van der Waals surface area contributed by atoms with Crippen LogP contribution in [0.25, 0.3) is 0 Å². The summed E-state index contributed by atoms with van der Waals surface area (Å²) in [5, 5.41) is 9.83. The van der Waals surface area contributed by atoms with Crippen molar-refractivity contribution in [3.05, 3.63) is 24.3 Å². The molecule has 4 heteroatoms.